The van der Waals surface area contributed by atoms with Crippen molar-refractivity contribution in [1.82, 2.24) is 13.9 Å². The van der Waals surface area contributed by atoms with E-state index in [2.05, 4.69) is 10.3 Å². The number of halogens is 3. The van der Waals surface area contributed by atoms with E-state index in [1.54, 1.807) is 18.2 Å². The van der Waals surface area contributed by atoms with Gasteiger partial charge < -0.3 is 5.32 Å². The van der Waals surface area contributed by atoms with Crippen molar-refractivity contribution in [3.05, 3.63) is 87.7 Å². The molecule has 8 nitrogen and oxygen atoms in total. The van der Waals surface area contributed by atoms with E-state index in [1.807, 2.05) is 0 Å². The van der Waals surface area contributed by atoms with Gasteiger partial charge in [0.25, 0.3) is 5.56 Å². The van der Waals surface area contributed by atoms with E-state index in [0.717, 1.165) is 32.8 Å². The lowest BCUT2D eigenvalue weighted by molar-refractivity contribution is -0.113. The van der Waals surface area contributed by atoms with Gasteiger partial charge in [0, 0.05) is 20.2 Å². The minimum Gasteiger partial charge on any atom is -0.324 e. The zero-order chi connectivity index (χ0) is 26.9. The number of aromatic nitrogens is 2. The number of para-hydroxylation sites is 1. The Labute approximate surface area is 219 Å². The van der Waals surface area contributed by atoms with Crippen LogP contribution in [0.2, 0.25) is 5.02 Å². The Morgan fingerprint density at radius 3 is 2.54 bits per heavy atom. The Balaban J connectivity index is 1.66. The van der Waals surface area contributed by atoms with E-state index in [1.165, 1.54) is 38.4 Å². The third-order valence-electron chi connectivity index (χ3n) is 5.22. The minimum absolute atomic E-state index is 0.000564. The number of hydrogen-bond acceptors (Lipinski definition) is 6. The number of amides is 1. The molecule has 1 N–H and O–H groups in total. The maximum absolute atomic E-state index is 14.6. The average molecular weight is 565 g/mol. The van der Waals surface area contributed by atoms with Crippen molar-refractivity contribution in [1.29, 1.82) is 0 Å². The maximum atomic E-state index is 14.6. The van der Waals surface area contributed by atoms with Gasteiger partial charge in [-0.25, -0.2) is 26.5 Å². The van der Waals surface area contributed by atoms with Gasteiger partial charge in [-0.3, -0.25) is 14.2 Å². The molecule has 1 amide bonds. The molecule has 0 aliphatic carbocycles. The molecule has 1 heterocycles. The standard InChI is InChI=1S/C24H19ClF2N4O4S2/c1-30(2)37(34,35)15-8-9-17(25)20(12-15)28-22(32)13-36-24-29-19-6-4-3-5-16(19)23(33)31(24)21-10-7-14(26)11-18(21)27/h3-12H,13H2,1-2H3,(H,28,32). The summed E-state index contributed by atoms with van der Waals surface area (Å²) in [6.45, 7) is 0. The average Bonchev–Trinajstić information content (AvgIpc) is 2.85. The van der Waals surface area contributed by atoms with Gasteiger partial charge in [-0.1, -0.05) is 35.5 Å². The molecule has 3 aromatic carbocycles. The number of nitrogens with one attached hydrogen (secondary N) is 1. The number of hydrogen-bond donors (Lipinski definition) is 1. The van der Waals surface area contributed by atoms with Crippen LogP contribution >= 0.6 is 23.4 Å². The van der Waals surface area contributed by atoms with Crippen LogP contribution < -0.4 is 10.9 Å². The molecule has 0 spiro atoms. The van der Waals surface area contributed by atoms with E-state index >= 15 is 0 Å². The van der Waals surface area contributed by atoms with Gasteiger partial charge in [-0.15, -0.1) is 0 Å². The maximum Gasteiger partial charge on any atom is 0.266 e. The number of anilines is 1. The molecule has 4 aromatic rings. The van der Waals surface area contributed by atoms with Crippen molar-refractivity contribution >= 4 is 55.9 Å². The fourth-order valence-corrected chi connectivity index (χ4v) is 5.27. The SMILES string of the molecule is CN(C)S(=O)(=O)c1ccc(Cl)c(NC(=O)CSc2nc3ccccc3c(=O)n2-c2ccc(F)cc2F)c1. The summed E-state index contributed by atoms with van der Waals surface area (Å²) in [4.78, 5) is 30.3. The predicted molar refractivity (Wildman–Crippen MR) is 139 cm³/mol. The van der Waals surface area contributed by atoms with Crippen LogP contribution in [-0.4, -0.2) is 48.0 Å². The van der Waals surface area contributed by atoms with Crippen LogP contribution in [0, 0.1) is 11.6 Å². The number of rotatable bonds is 7. The summed E-state index contributed by atoms with van der Waals surface area (Å²) >= 11 is 6.99. The molecular weight excluding hydrogens is 546 g/mol. The van der Waals surface area contributed by atoms with Crippen molar-refractivity contribution in [2.24, 2.45) is 0 Å². The molecule has 13 heteroatoms. The van der Waals surface area contributed by atoms with Crippen LogP contribution in [0.5, 0.6) is 0 Å². The van der Waals surface area contributed by atoms with Gasteiger partial charge in [0.2, 0.25) is 15.9 Å². The monoisotopic (exact) mass is 564 g/mol. The Morgan fingerprint density at radius 1 is 1.11 bits per heavy atom. The molecule has 0 saturated carbocycles. The van der Waals surface area contributed by atoms with Gasteiger partial charge >= 0.3 is 0 Å². The van der Waals surface area contributed by atoms with Crippen molar-refractivity contribution < 1.29 is 22.0 Å². The first-order valence-electron chi connectivity index (χ1n) is 10.6. The summed E-state index contributed by atoms with van der Waals surface area (Å²) < 4.78 is 55.0. The van der Waals surface area contributed by atoms with Gasteiger partial charge in [-0.2, -0.15) is 0 Å². The summed E-state index contributed by atoms with van der Waals surface area (Å²) in [6.07, 6.45) is 0. The van der Waals surface area contributed by atoms with Gasteiger partial charge in [0.15, 0.2) is 5.16 Å². The molecule has 0 unspecified atom stereocenters. The Kier molecular flexibility index (Phi) is 7.64. The second kappa shape index (κ2) is 10.6. The summed E-state index contributed by atoms with van der Waals surface area (Å²) in [7, 11) is -1.02. The van der Waals surface area contributed by atoms with Crippen molar-refractivity contribution in [3.8, 4) is 5.69 Å². The Morgan fingerprint density at radius 2 is 1.84 bits per heavy atom. The van der Waals surface area contributed by atoms with Crippen LogP contribution in [0.25, 0.3) is 16.6 Å². The molecule has 0 saturated heterocycles. The summed E-state index contributed by atoms with van der Waals surface area (Å²) in [6, 6.07) is 13.1. The number of carbonyl (C=O) groups excluding carboxylic acids is 1. The van der Waals surface area contributed by atoms with Crippen molar-refractivity contribution in [2.45, 2.75) is 10.1 Å². The Hall–Kier alpha value is -3.32. The third kappa shape index (κ3) is 5.52. The molecular formula is C24H19ClF2N4O4S2. The lowest BCUT2D eigenvalue weighted by Crippen LogP contribution is -2.24. The fraction of sp³-hybridized carbons (Fsp3) is 0.125. The molecule has 0 aliphatic heterocycles. The zero-order valence-corrected chi connectivity index (χ0v) is 21.8. The van der Waals surface area contributed by atoms with Crippen LogP contribution in [0.1, 0.15) is 0 Å². The van der Waals surface area contributed by atoms with Crippen molar-refractivity contribution in [3.63, 3.8) is 0 Å². The number of sulfonamides is 1. The molecule has 0 bridgehead atoms. The van der Waals surface area contributed by atoms with E-state index in [0.29, 0.717) is 11.6 Å². The number of benzene rings is 3. The first-order chi connectivity index (χ1) is 17.5. The smallest absolute Gasteiger partial charge is 0.266 e. The number of thioether (sulfide) groups is 1. The highest BCUT2D eigenvalue weighted by Crippen LogP contribution is 2.28. The molecule has 37 heavy (non-hydrogen) atoms. The molecule has 0 fully saturated rings. The molecule has 0 radical (unpaired) electrons. The normalized spacial score (nSPS) is 11.7. The number of nitrogens with zero attached hydrogens (tertiary/aromatic N) is 3. The van der Waals surface area contributed by atoms with E-state index in [9.17, 15) is 26.8 Å². The number of carbonyl (C=O) groups is 1. The highest BCUT2D eigenvalue weighted by Gasteiger charge is 2.21. The summed E-state index contributed by atoms with van der Waals surface area (Å²) in [5.74, 6) is -2.66. The van der Waals surface area contributed by atoms with E-state index < -0.39 is 33.1 Å². The molecule has 0 atom stereocenters. The van der Waals surface area contributed by atoms with Gasteiger partial charge in [-0.05, 0) is 42.5 Å². The largest absolute Gasteiger partial charge is 0.324 e. The summed E-state index contributed by atoms with van der Waals surface area (Å²) in [5, 5.41) is 2.88. The zero-order valence-electron chi connectivity index (χ0n) is 19.4. The highest BCUT2D eigenvalue weighted by molar-refractivity contribution is 7.99. The molecule has 4 rings (SSSR count). The molecule has 0 aliphatic rings. The highest BCUT2D eigenvalue weighted by atomic mass is 35.5. The predicted octanol–water partition coefficient (Wildman–Crippen LogP) is 4.30. The van der Waals surface area contributed by atoms with Crippen LogP contribution in [-0.2, 0) is 14.8 Å². The van der Waals surface area contributed by atoms with E-state index in [-0.39, 0.29) is 37.6 Å². The second-order valence-electron chi connectivity index (χ2n) is 7.91. The van der Waals surface area contributed by atoms with Crippen LogP contribution in [0.4, 0.5) is 14.5 Å². The van der Waals surface area contributed by atoms with Crippen LogP contribution in [0.3, 0.4) is 0 Å². The molecule has 1 aromatic heterocycles. The Bertz CT molecular complexity index is 1690. The number of fused-ring (bicyclic) bond motifs is 1. The van der Waals surface area contributed by atoms with Crippen molar-refractivity contribution in [2.75, 3.05) is 25.2 Å². The minimum atomic E-state index is -3.77. The lowest BCUT2D eigenvalue weighted by Gasteiger charge is -2.15. The third-order valence-corrected chi connectivity index (χ3v) is 8.30. The fourth-order valence-electron chi connectivity index (χ4n) is 3.37. The quantitative estimate of drug-likeness (QED) is 0.265. The van der Waals surface area contributed by atoms with Gasteiger partial charge in [0.05, 0.1) is 37.9 Å². The molecule has 192 valence electrons. The van der Waals surface area contributed by atoms with Crippen LogP contribution in [0.15, 0.2) is 75.5 Å². The first kappa shape index (κ1) is 26.7. The summed E-state index contributed by atoms with van der Waals surface area (Å²) in [5.41, 5.74) is -0.414. The lowest BCUT2D eigenvalue weighted by atomic mass is 10.2. The topological polar surface area (TPSA) is 101 Å². The first-order valence-corrected chi connectivity index (χ1v) is 13.4. The van der Waals surface area contributed by atoms with E-state index in [4.69, 9.17) is 11.6 Å². The second-order valence-corrected chi connectivity index (χ2v) is 11.4. The van der Waals surface area contributed by atoms with Gasteiger partial charge in [0.1, 0.15) is 11.6 Å².